The molecule has 0 saturated heterocycles. The molecule has 0 fully saturated rings. The molecule has 9 nitrogen and oxygen atoms in total. The lowest BCUT2D eigenvalue weighted by Gasteiger charge is -2.36. The summed E-state index contributed by atoms with van der Waals surface area (Å²) in [4.78, 5) is 40.8. The molecule has 2 aliphatic rings. The molecule has 2 aromatic rings. The van der Waals surface area contributed by atoms with Gasteiger partial charge < -0.3 is 30.0 Å². The monoisotopic (exact) mass is 542 g/mol. The van der Waals surface area contributed by atoms with E-state index in [9.17, 15) is 14.4 Å². The fourth-order valence-electron chi connectivity index (χ4n) is 4.25. The molecule has 0 radical (unpaired) electrons. The molecule has 0 aromatic heterocycles. The number of carbonyl (C=O) groups is 3. The van der Waals surface area contributed by atoms with Crippen molar-refractivity contribution in [1.82, 2.24) is 0 Å². The quantitative estimate of drug-likeness (QED) is 0.403. The van der Waals surface area contributed by atoms with Crippen LogP contribution < -0.4 is 11.1 Å². The predicted octanol–water partition coefficient (Wildman–Crippen LogP) is 3.00. The number of methoxy groups -OCH3 is 1. The number of rotatable bonds is 7. The highest BCUT2D eigenvalue weighted by Crippen LogP contribution is 2.54. The van der Waals surface area contributed by atoms with Gasteiger partial charge in [0.1, 0.15) is 28.9 Å². The van der Waals surface area contributed by atoms with Gasteiger partial charge in [-0.1, -0.05) is 46.3 Å². The van der Waals surface area contributed by atoms with Crippen molar-refractivity contribution in [2.24, 2.45) is 5.73 Å². The molecule has 2 aliphatic heterocycles. The number of nitrogens with two attached hydrogens (primary N) is 1. The van der Waals surface area contributed by atoms with Gasteiger partial charge in [-0.25, -0.2) is 9.59 Å². The number of fused-ring (bicyclic) bond motifs is 2. The van der Waals surface area contributed by atoms with E-state index in [1.165, 1.54) is 7.11 Å². The topological polar surface area (TPSA) is 126 Å². The van der Waals surface area contributed by atoms with Gasteiger partial charge in [-0.3, -0.25) is 4.79 Å². The van der Waals surface area contributed by atoms with Crippen molar-refractivity contribution in [1.29, 1.82) is 0 Å². The van der Waals surface area contributed by atoms with Crippen molar-refractivity contribution >= 4 is 45.2 Å². The molecule has 2 heterocycles. The number of anilines is 1. The minimum atomic E-state index is -1.98. The second kappa shape index (κ2) is 9.93. The summed E-state index contributed by atoms with van der Waals surface area (Å²) in [6.07, 6.45) is 0. The van der Waals surface area contributed by atoms with Crippen molar-refractivity contribution in [3.05, 3.63) is 81.2 Å². The van der Waals surface area contributed by atoms with E-state index < -0.39 is 23.3 Å². The van der Waals surface area contributed by atoms with Crippen LogP contribution in [0.1, 0.15) is 18.1 Å². The third-order valence-electron chi connectivity index (χ3n) is 5.65. The molecule has 0 bridgehead atoms. The molecule has 4 rings (SSSR count). The van der Waals surface area contributed by atoms with Crippen LogP contribution in [-0.4, -0.2) is 44.8 Å². The molecule has 3 N–H and O–H groups in total. The Balaban J connectivity index is 2.07. The van der Waals surface area contributed by atoms with Crippen LogP contribution in [0.2, 0.25) is 0 Å². The molecule has 1 amide bonds. The van der Waals surface area contributed by atoms with Crippen LogP contribution in [0, 0.1) is 0 Å². The lowest BCUT2D eigenvalue weighted by Crippen LogP contribution is -2.48. The van der Waals surface area contributed by atoms with Crippen LogP contribution in [0.25, 0.3) is 5.76 Å². The zero-order valence-corrected chi connectivity index (χ0v) is 20.6. The lowest BCUT2D eigenvalue weighted by molar-refractivity contribution is -0.143. The van der Waals surface area contributed by atoms with Crippen molar-refractivity contribution in [3.63, 3.8) is 0 Å². The van der Waals surface area contributed by atoms with Gasteiger partial charge in [0.05, 0.1) is 13.2 Å². The molecule has 2 aromatic carbocycles. The molecule has 0 saturated carbocycles. The zero-order valence-electron chi connectivity index (χ0n) is 19.1. The van der Waals surface area contributed by atoms with Crippen molar-refractivity contribution in [2.45, 2.75) is 12.3 Å². The number of benzene rings is 2. The van der Waals surface area contributed by atoms with Gasteiger partial charge in [-0.15, -0.1) is 0 Å². The Morgan fingerprint density at radius 3 is 2.46 bits per heavy atom. The molecule has 1 spiro atoms. The Morgan fingerprint density at radius 1 is 1.06 bits per heavy atom. The molecular weight excluding hydrogens is 520 g/mol. The molecule has 35 heavy (non-hydrogen) atoms. The van der Waals surface area contributed by atoms with E-state index in [2.05, 4.69) is 21.2 Å². The average molecular weight is 543 g/mol. The Bertz CT molecular complexity index is 1260. The minimum absolute atomic E-state index is 0.0120. The molecular formula is C25H23BrN2O7. The summed E-state index contributed by atoms with van der Waals surface area (Å²) in [6.45, 7) is 1.69. The van der Waals surface area contributed by atoms with E-state index in [4.69, 9.17) is 24.7 Å². The fourth-order valence-corrected chi connectivity index (χ4v) is 4.61. The van der Waals surface area contributed by atoms with E-state index >= 15 is 0 Å². The fraction of sp³-hybridized carbons (Fsp3) is 0.240. The molecule has 0 unspecified atom stereocenters. The number of hydrogen-bond acceptors (Lipinski definition) is 8. The number of hydrogen-bond donors (Lipinski definition) is 2. The van der Waals surface area contributed by atoms with Gasteiger partial charge in [0.25, 0.3) is 0 Å². The summed E-state index contributed by atoms with van der Waals surface area (Å²) in [5.74, 6) is -2.76. The number of ether oxygens (including phenoxy) is 4. The van der Waals surface area contributed by atoms with E-state index in [0.717, 1.165) is 0 Å². The summed E-state index contributed by atoms with van der Waals surface area (Å²) >= 11 is 3.42. The first-order chi connectivity index (χ1) is 16.9. The first kappa shape index (κ1) is 24.5. The number of esters is 2. The van der Waals surface area contributed by atoms with Gasteiger partial charge in [0, 0.05) is 28.4 Å². The number of amides is 1. The highest BCUT2D eigenvalue weighted by molar-refractivity contribution is 9.10. The summed E-state index contributed by atoms with van der Waals surface area (Å²) < 4.78 is 22.2. The van der Waals surface area contributed by atoms with Crippen molar-refractivity contribution in [2.75, 3.05) is 32.2 Å². The lowest BCUT2D eigenvalue weighted by atomic mass is 9.67. The summed E-state index contributed by atoms with van der Waals surface area (Å²) in [5, 5.41) is 2.78. The van der Waals surface area contributed by atoms with Gasteiger partial charge in [-0.05, 0) is 25.1 Å². The minimum Gasteiger partial charge on any atom is -0.462 e. The van der Waals surface area contributed by atoms with Crippen LogP contribution >= 0.6 is 15.9 Å². The first-order valence-corrected chi connectivity index (χ1v) is 11.6. The van der Waals surface area contributed by atoms with Gasteiger partial charge >= 0.3 is 11.9 Å². The summed E-state index contributed by atoms with van der Waals surface area (Å²) in [5.41, 5.74) is 5.05. The highest BCUT2D eigenvalue weighted by atomic mass is 79.9. The maximum Gasteiger partial charge on any atom is 0.341 e. The summed E-state index contributed by atoms with van der Waals surface area (Å²) in [7, 11) is 1.46. The Morgan fingerprint density at radius 2 is 1.77 bits per heavy atom. The van der Waals surface area contributed by atoms with E-state index in [1.807, 2.05) is 0 Å². The zero-order chi connectivity index (χ0) is 25.2. The number of halogens is 1. The number of carbonyl (C=O) groups excluding carboxylic acids is 3. The van der Waals surface area contributed by atoms with E-state index in [1.54, 1.807) is 55.5 Å². The van der Waals surface area contributed by atoms with Crippen LogP contribution in [0.15, 0.2) is 70.0 Å². The maximum atomic E-state index is 13.9. The SMILES string of the molecule is CCOC(=O)C1=C(c2ccccc2)OC(N)=C(C(=O)OCCOC)[C@]12C(=O)Nc1ccc(Br)cc12. The van der Waals surface area contributed by atoms with E-state index in [0.29, 0.717) is 21.3 Å². The second-order valence-corrected chi connectivity index (χ2v) is 8.57. The van der Waals surface area contributed by atoms with Crippen LogP contribution in [-0.2, 0) is 38.7 Å². The van der Waals surface area contributed by atoms with Crippen molar-refractivity contribution < 1.29 is 33.3 Å². The van der Waals surface area contributed by atoms with Gasteiger partial charge in [0.2, 0.25) is 11.8 Å². The van der Waals surface area contributed by atoms with E-state index in [-0.39, 0.29) is 42.6 Å². The van der Waals surface area contributed by atoms with Gasteiger partial charge in [-0.2, -0.15) is 0 Å². The van der Waals surface area contributed by atoms with Crippen molar-refractivity contribution in [3.8, 4) is 0 Å². The molecule has 1 atom stereocenters. The third-order valence-corrected chi connectivity index (χ3v) is 6.14. The Hall–Kier alpha value is -3.63. The molecule has 182 valence electrons. The number of nitrogens with one attached hydrogen (secondary N) is 1. The largest absolute Gasteiger partial charge is 0.462 e. The highest BCUT2D eigenvalue weighted by Gasteiger charge is 2.62. The molecule has 0 aliphatic carbocycles. The van der Waals surface area contributed by atoms with Gasteiger partial charge in [0.15, 0.2) is 0 Å². The van der Waals surface area contributed by atoms with Crippen LogP contribution in [0.4, 0.5) is 5.69 Å². The third kappa shape index (κ3) is 4.08. The Labute approximate surface area is 210 Å². The first-order valence-electron chi connectivity index (χ1n) is 10.8. The van der Waals surface area contributed by atoms with Crippen LogP contribution in [0.3, 0.4) is 0 Å². The van der Waals surface area contributed by atoms with Crippen LogP contribution in [0.5, 0.6) is 0 Å². The normalized spacial score (nSPS) is 18.8. The second-order valence-electron chi connectivity index (χ2n) is 7.65. The Kier molecular flexibility index (Phi) is 6.95. The molecule has 10 heteroatoms. The summed E-state index contributed by atoms with van der Waals surface area (Å²) in [6, 6.07) is 13.7. The maximum absolute atomic E-state index is 13.9. The smallest absolute Gasteiger partial charge is 0.341 e. The predicted molar refractivity (Wildman–Crippen MR) is 130 cm³/mol. The average Bonchev–Trinajstić information content (AvgIpc) is 3.11. The standard InChI is InChI=1S/C25H23BrN2O7/c1-3-33-22(29)18-20(14-7-5-4-6-8-14)35-21(27)19(23(30)34-12-11-32-2)25(18)16-13-15(26)9-10-17(16)28-24(25)31/h4-10,13H,3,11-12,27H2,1-2H3,(H,28,31)/t25-/m1/s1.